The zero-order valence-electron chi connectivity index (χ0n) is 11.2. The van der Waals surface area contributed by atoms with Gasteiger partial charge < -0.3 is 19.5 Å². The molecule has 1 N–H and O–H groups in total. The first kappa shape index (κ1) is 13.5. The van der Waals surface area contributed by atoms with Crippen molar-refractivity contribution in [3.8, 4) is 0 Å². The molecule has 19 heavy (non-hydrogen) atoms. The number of aryl methyl sites for hydroxylation is 1. The van der Waals surface area contributed by atoms with Gasteiger partial charge in [-0.15, -0.1) is 11.3 Å². The lowest BCUT2D eigenvalue weighted by Crippen LogP contribution is -2.39. The van der Waals surface area contributed by atoms with Crippen LogP contribution >= 0.6 is 11.3 Å². The van der Waals surface area contributed by atoms with E-state index in [1.807, 2.05) is 6.92 Å². The van der Waals surface area contributed by atoms with Crippen LogP contribution in [0.3, 0.4) is 0 Å². The molecule has 1 aromatic rings. The lowest BCUT2D eigenvalue weighted by atomic mass is 10.1. The van der Waals surface area contributed by atoms with Gasteiger partial charge in [0.05, 0.1) is 36.6 Å². The molecule has 2 fully saturated rings. The summed E-state index contributed by atoms with van der Waals surface area (Å²) in [5.41, 5.74) is 1.10. The predicted molar refractivity (Wildman–Crippen MR) is 72.2 cm³/mol. The molecule has 5 nitrogen and oxygen atoms in total. The summed E-state index contributed by atoms with van der Waals surface area (Å²) in [6.45, 7) is 5.76. The molecule has 3 heterocycles. The summed E-state index contributed by atoms with van der Waals surface area (Å²) in [6, 6.07) is 0. The first-order valence-electron chi connectivity index (χ1n) is 6.77. The highest BCUT2D eigenvalue weighted by atomic mass is 32.1. The Labute approximate surface area is 117 Å². The van der Waals surface area contributed by atoms with E-state index in [0.717, 1.165) is 49.8 Å². The normalized spacial score (nSPS) is 26.1. The van der Waals surface area contributed by atoms with Crippen molar-refractivity contribution in [3.63, 3.8) is 0 Å². The second-order valence-electron chi connectivity index (χ2n) is 5.06. The van der Waals surface area contributed by atoms with Crippen molar-refractivity contribution in [1.82, 2.24) is 10.3 Å². The molecule has 2 saturated heterocycles. The van der Waals surface area contributed by atoms with Crippen LogP contribution in [0.4, 0.5) is 0 Å². The SMILES string of the molecule is Cc1nc(CNC[C@@H]2COC3(CCOCC3)O2)cs1. The minimum absolute atomic E-state index is 0.137. The molecular weight excluding hydrogens is 264 g/mol. The van der Waals surface area contributed by atoms with Crippen LogP contribution in [0.5, 0.6) is 0 Å². The number of rotatable bonds is 4. The average molecular weight is 284 g/mol. The summed E-state index contributed by atoms with van der Waals surface area (Å²) in [5.74, 6) is -0.373. The standard InChI is InChI=1S/C13H20N2O3S/c1-10-15-11(9-19-10)6-14-7-12-8-17-13(18-12)2-4-16-5-3-13/h9,12,14H,2-8H2,1H3/t12-/m1/s1. The fourth-order valence-corrected chi connectivity index (χ4v) is 3.13. The number of ether oxygens (including phenoxy) is 3. The molecule has 0 bridgehead atoms. The summed E-state index contributed by atoms with van der Waals surface area (Å²) < 4.78 is 17.2. The summed E-state index contributed by atoms with van der Waals surface area (Å²) in [4.78, 5) is 4.43. The van der Waals surface area contributed by atoms with E-state index in [2.05, 4.69) is 15.7 Å². The van der Waals surface area contributed by atoms with Gasteiger partial charge in [-0.2, -0.15) is 0 Å². The number of thiazole rings is 1. The maximum atomic E-state index is 6.05. The van der Waals surface area contributed by atoms with E-state index >= 15 is 0 Å². The number of hydrogen-bond donors (Lipinski definition) is 1. The van der Waals surface area contributed by atoms with Crippen molar-refractivity contribution in [2.24, 2.45) is 0 Å². The van der Waals surface area contributed by atoms with Crippen LogP contribution in [-0.4, -0.2) is 43.2 Å². The van der Waals surface area contributed by atoms with E-state index in [4.69, 9.17) is 14.2 Å². The van der Waals surface area contributed by atoms with Gasteiger partial charge in [0.15, 0.2) is 5.79 Å². The highest BCUT2D eigenvalue weighted by Gasteiger charge is 2.42. The van der Waals surface area contributed by atoms with Gasteiger partial charge in [-0.1, -0.05) is 0 Å². The zero-order valence-corrected chi connectivity index (χ0v) is 12.0. The van der Waals surface area contributed by atoms with Crippen molar-refractivity contribution in [2.75, 3.05) is 26.4 Å². The van der Waals surface area contributed by atoms with Gasteiger partial charge in [-0.05, 0) is 6.92 Å². The van der Waals surface area contributed by atoms with Crippen LogP contribution in [0.2, 0.25) is 0 Å². The van der Waals surface area contributed by atoms with E-state index in [1.54, 1.807) is 11.3 Å². The van der Waals surface area contributed by atoms with Gasteiger partial charge in [-0.25, -0.2) is 4.98 Å². The first-order valence-corrected chi connectivity index (χ1v) is 7.65. The van der Waals surface area contributed by atoms with E-state index in [9.17, 15) is 0 Å². The molecule has 0 aliphatic carbocycles. The van der Waals surface area contributed by atoms with Gasteiger partial charge in [0, 0.05) is 31.3 Å². The second-order valence-corrected chi connectivity index (χ2v) is 6.12. The Hall–Kier alpha value is -0.530. The minimum Gasteiger partial charge on any atom is -0.381 e. The summed E-state index contributed by atoms with van der Waals surface area (Å²) in [6.07, 6.45) is 1.82. The first-order chi connectivity index (χ1) is 9.26. The van der Waals surface area contributed by atoms with Gasteiger partial charge in [0.2, 0.25) is 0 Å². The molecule has 106 valence electrons. The third-order valence-electron chi connectivity index (χ3n) is 3.51. The number of aromatic nitrogens is 1. The van der Waals surface area contributed by atoms with E-state index in [-0.39, 0.29) is 11.9 Å². The summed E-state index contributed by atoms with van der Waals surface area (Å²) in [7, 11) is 0. The molecule has 2 aliphatic rings. The molecule has 0 amide bonds. The lowest BCUT2D eigenvalue weighted by molar-refractivity contribution is -0.210. The van der Waals surface area contributed by atoms with Gasteiger partial charge >= 0.3 is 0 Å². The molecule has 3 rings (SSSR count). The molecule has 0 aromatic carbocycles. The van der Waals surface area contributed by atoms with Crippen molar-refractivity contribution < 1.29 is 14.2 Å². The van der Waals surface area contributed by atoms with Crippen molar-refractivity contribution in [2.45, 2.75) is 38.2 Å². The molecule has 1 aromatic heterocycles. The van der Waals surface area contributed by atoms with Crippen LogP contribution in [0.25, 0.3) is 0 Å². The molecule has 1 spiro atoms. The smallest absolute Gasteiger partial charge is 0.173 e. The van der Waals surface area contributed by atoms with Crippen LogP contribution in [0.15, 0.2) is 5.38 Å². The Bertz CT molecular complexity index is 418. The monoisotopic (exact) mass is 284 g/mol. The van der Waals surface area contributed by atoms with Gasteiger partial charge in [0.25, 0.3) is 0 Å². The number of hydrogen-bond acceptors (Lipinski definition) is 6. The average Bonchev–Trinajstić information content (AvgIpc) is 2.99. The Morgan fingerprint density at radius 3 is 3.05 bits per heavy atom. The number of nitrogens with zero attached hydrogens (tertiary/aromatic N) is 1. The van der Waals surface area contributed by atoms with Crippen LogP contribution in [0.1, 0.15) is 23.5 Å². The van der Waals surface area contributed by atoms with Crippen molar-refractivity contribution >= 4 is 11.3 Å². The van der Waals surface area contributed by atoms with E-state index in [1.165, 1.54) is 0 Å². The third-order valence-corrected chi connectivity index (χ3v) is 4.34. The molecule has 2 aliphatic heterocycles. The third kappa shape index (κ3) is 3.32. The van der Waals surface area contributed by atoms with Crippen LogP contribution < -0.4 is 5.32 Å². The highest BCUT2D eigenvalue weighted by Crippen LogP contribution is 2.32. The van der Waals surface area contributed by atoms with Crippen molar-refractivity contribution in [1.29, 1.82) is 0 Å². The van der Waals surface area contributed by atoms with Crippen LogP contribution in [-0.2, 0) is 20.8 Å². The quantitative estimate of drug-likeness (QED) is 0.907. The molecule has 6 heteroatoms. The Morgan fingerprint density at radius 1 is 1.47 bits per heavy atom. The molecule has 1 atom stereocenters. The Kier molecular flexibility index (Phi) is 4.14. The Balaban J connectivity index is 1.42. The van der Waals surface area contributed by atoms with E-state index < -0.39 is 0 Å². The zero-order chi connectivity index (χ0) is 13.1. The fourth-order valence-electron chi connectivity index (χ4n) is 2.51. The molecule has 0 unspecified atom stereocenters. The minimum atomic E-state index is -0.373. The van der Waals surface area contributed by atoms with Gasteiger partial charge in [0.1, 0.15) is 0 Å². The summed E-state index contributed by atoms with van der Waals surface area (Å²) >= 11 is 1.68. The van der Waals surface area contributed by atoms with Gasteiger partial charge in [-0.3, -0.25) is 0 Å². The highest BCUT2D eigenvalue weighted by molar-refractivity contribution is 7.09. The van der Waals surface area contributed by atoms with E-state index in [0.29, 0.717) is 6.61 Å². The Morgan fingerprint density at radius 2 is 2.32 bits per heavy atom. The molecular formula is C13H20N2O3S. The van der Waals surface area contributed by atoms with Crippen molar-refractivity contribution in [3.05, 3.63) is 16.1 Å². The largest absolute Gasteiger partial charge is 0.381 e. The predicted octanol–water partition coefficient (Wildman–Crippen LogP) is 1.46. The summed E-state index contributed by atoms with van der Waals surface area (Å²) in [5, 5.41) is 6.59. The fraction of sp³-hybridized carbons (Fsp3) is 0.769. The topological polar surface area (TPSA) is 52.6 Å². The second kappa shape index (κ2) is 5.85. The maximum absolute atomic E-state index is 6.05. The lowest BCUT2D eigenvalue weighted by Gasteiger charge is -2.31. The molecule has 0 saturated carbocycles. The van der Waals surface area contributed by atoms with Crippen LogP contribution in [0, 0.1) is 6.92 Å². The molecule has 0 radical (unpaired) electrons. The maximum Gasteiger partial charge on any atom is 0.173 e. The number of nitrogens with one attached hydrogen (secondary N) is 1.